The smallest absolute Gasteiger partial charge is 0.375 e. The van der Waals surface area contributed by atoms with Crippen LogP contribution < -0.4 is 10.9 Å². The van der Waals surface area contributed by atoms with E-state index in [-0.39, 0.29) is 22.4 Å². The molecular formula is C27H17N5O11. The molecule has 0 aliphatic rings. The minimum Gasteiger partial charge on any atom is -0.463 e. The van der Waals surface area contributed by atoms with Crippen molar-refractivity contribution in [3.05, 3.63) is 114 Å². The number of esters is 1. The van der Waals surface area contributed by atoms with Crippen LogP contribution in [-0.2, 0) is 23.9 Å². The van der Waals surface area contributed by atoms with Crippen LogP contribution in [0.3, 0.4) is 0 Å². The first-order valence-electron chi connectivity index (χ1n) is 12.0. The number of hydrogen-bond acceptors (Lipinski definition) is 12. The van der Waals surface area contributed by atoms with Crippen molar-refractivity contribution in [1.82, 2.24) is 9.97 Å². The highest BCUT2D eigenvalue weighted by Gasteiger charge is 2.41. The van der Waals surface area contributed by atoms with Crippen LogP contribution in [-0.4, -0.2) is 56.2 Å². The summed E-state index contributed by atoms with van der Waals surface area (Å²) in [5, 5.41) is 24.3. The summed E-state index contributed by atoms with van der Waals surface area (Å²) in [6.45, 7) is 0. The van der Waals surface area contributed by atoms with Gasteiger partial charge in [-0.3, -0.25) is 44.2 Å². The number of anilines is 1. The van der Waals surface area contributed by atoms with E-state index >= 15 is 0 Å². The number of ketones is 3. The number of nitrogens with one attached hydrogen (secondary N) is 2. The topological polar surface area (TPSA) is 239 Å². The first kappa shape index (κ1) is 29.5. The Morgan fingerprint density at radius 1 is 0.884 bits per heavy atom. The lowest BCUT2D eigenvalue weighted by molar-refractivity contribution is -0.388. The van der Waals surface area contributed by atoms with E-state index in [4.69, 9.17) is 0 Å². The van der Waals surface area contributed by atoms with Crippen molar-refractivity contribution in [3.8, 4) is 0 Å². The molecule has 0 saturated carbocycles. The molecule has 1 atom stereocenters. The number of non-ortho nitro benzene ring substituents is 1. The Morgan fingerprint density at radius 2 is 1.58 bits per heavy atom. The number of aromatic nitrogens is 2. The molecule has 216 valence electrons. The van der Waals surface area contributed by atoms with Gasteiger partial charge in [0, 0.05) is 29.3 Å². The lowest BCUT2D eigenvalue weighted by atomic mass is 9.94. The lowest BCUT2D eigenvalue weighted by Crippen LogP contribution is -2.39. The fourth-order valence-corrected chi connectivity index (χ4v) is 3.99. The fourth-order valence-electron chi connectivity index (χ4n) is 3.99. The molecule has 1 amide bonds. The summed E-state index contributed by atoms with van der Waals surface area (Å²) in [5.74, 6) is -9.60. The van der Waals surface area contributed by atoms with Gasteiger partial charge in [0.15, 0.2) is 5.78 Å². The maximum absolute atomic E-state index is 13.2. The highest BCUT2D eigenvalue weighted by molar-refractivity contribution is 6.52. The van der Waals surface area contributed by atoms with Crippen molar-refractivity contribution in [2.75, 3.05) is 12.4 Å². The first-order valence-corrected chi connectivity index (χ1v) is 12.0. The van der Waals surface area contributed by atoms with E-state index in [0.29, 0.717) is 17.7 Å². The molecule has 1 heterocycles. The molecule has 3 aromatic carbocycles. The van der Waals surface area contributed by atoms with Crippen molar-refractivity contribution in [2.24, 2.45) is 0 Å². The van der Waals surface area contributed by atoms with E-state index in [9.17, 15) is 49.0 Å². The summed E-state index contributed by atoms with van der Waals surface area (Å²) in [7, 11) is 0.803. The minimum atomic E-state index is -2.47. The highest BCUT2D eigenvalue weighted by Crippen LogP contribution is 2.29. The van der Waals surface area contributed by atoms with Crippen molar-refractivity contribution < 1.29 is 38.6 Å². The number of fused-ring (bicyclic) bond motifs is 1. The number of benzene rings is 3. The lowest BCUT2D eigenvalue weighted by Gasteiger charge is -2.13. The van der Waals surface area contributed by atoms with E-state index < -0.39 is 67.5 Å². The highest BCUT2D eigenvalue weighted by atomic mass is 16.6. The number of nitro benzene ring substituents is 2. The van der Waals surface area contributed by atoms with E-state index in [1.807, 2.05) is 5.32 Å². The number of aromatic amines is 1. The Balaban J connectivity index is 1.75. The van der Waals surface area contributed by atoms with Gasteiger partial charge in [-0.2, -0.15) is 0 Å². The van der Waals surface area contributed by atoms with Crippen LogP contribution in [0, 0.1) is 20.2 Å². The first-order chi connectivity index (χ1) is 20.4. The summed E-state index contributed by atoms with van der Waals surface area (Å²) in [6.07, 6.45) is 0. The summed E-state index contributed by atoms with van der Waals surface area (Å²) >= 11 is 0. The van der Waals surface area contributed by atoms with Gasteiger partial charge < -0.3 is 15.0 Å². The summed E-state index contributed by atoms with van der Waals surface area (Å²) in [5.41, 5.74) is -3.83. The molecular weight excluding hydrogens is 570 g/mol. The number of nitro groups is 2. The third kappa shape index (κ3) is 6.02. The summed E-state index contributed by atoms with van der Waals surface area (Å²) in [6, 6.07) is 14.3. The summed E-state index contributed by atoms with van der Waals surface area (Å²) in [4.78, 5) is 104. The summed E-state index contributed by atoms with van der Waals surface area (Å²) < 4.78 is 4.35. The van der Waals surface area contributed by atoms with Gasteiger partial charge in [-0.05, 0) is 18.2 Å². The third-order valence-corrected chi connectivity index (χ3v) is 6.06. The van der Waals surface area contributed by atoms with Gasteiger partial charge in [-0.25, -0.2) is 9.78 Å². The molecule has 0 fully saturated rings. The second-order valence-electron chi connectivity index (χ2n) is 8.70. The number of Topliss-reactive ketones (excluding diaryl/α,β-unsaturated/α-hetero) is 2. The van der Waals surface area contributed by atoms with Crippen LogP contribution in [0.15, 0.2) is 71.5 Å². The molecule has 43 heavy (non-hydrogen) atoms. The second kappa shape index (κ2) is 12.0. The maximum atomic E-state index is 13.2. The number of nitrogens with zero attached hydrogens (tertiary/aromatic N) is 3. The van der Waals surface area contributed by atoms with Crippen molar-refractivity contribution >= 4 is 57.3 Å². The van der Waals surface area contributed by atoms with Gasteiger partial charge in [0.1, 0.15) is 17.3 Å². The van der Waals surface area contributed by atoms with Gasteiger partial charge in [-0.1, -0.05) is 30.3 Å². The number of carbonyl (C=O) groups excluding carboxylic acids is 5. The third-order valence-electron chi connectivity index (χ3n) is 6.06. The van der Waals surface area contributed by atoms with Crippen molar-refractivity contribution in [1.29, 1.82) is 0 Å². The zero-order valence-electron chi connectivity index (χ0n) is 21.8. The normalized spacial score (nSPS) is 11.3. The number of ether oxygens (including phenoxy) is 1. The van der Waals surface area contributed by atoms with Crippen LogP contribution in [0.2, 0.25) is 0 Å². The zero-order chi connectivity index (χ0) is 31.4. The van der Waals surface area contributed by atoms with Crippen LogP contribution in [0.4, 0.5) is 17.1 Å². The monoisotopic (exact) mass is 587 g/mol. The molecule has 0 aliphatic heterocycles. The van der Waals surface area contributed by atoms with E-state index in [1.165, 1.54) is 18.2 Å². The van der Waals surface area contributed by atoms with Crippen LogP contribution in [0.1, 0.15) is 27.5 Å². The maximum Gasteiger partial charge on any atom is 0.375 e. The molecule has 0 bridgehead atoms. The fraction of sp³-hybridized carbons (Fsp3) is 0.0741. The number of amides is 1. The number of carbonyl (C=O) groups is 5. The number of rotatable bonds is 10. The molecule has 0 aliphatic carbocycles. The SMILES string of the molecule is COC(=O)C(=O)[C@H](C(=O)C(=O)Nc1cc([N+](=O)[O-])ccc1[N+](=O)[O-])c1nc2ccc(C(=O)c3ccccc3)cc2[nH]c1=O. The molecule has 0 radical (unpaired) electrons. The van der Waals surface area contributed by atoms with Crippen LogP contribution >= 0.6 is 0 Å². The second-order valence-corrected chi connectivity index (χ2v) is 8.70. The Labute approximate surface area is 238 Å². The molecule has 0 unspecified atom stereocenters. The predicted molar refractivity (Wildman–Crippen MR) is 145 cm³/mol. The largest absolute Gasteiger partial charge is 0.463 e. The average molecular weight is 587 g/mol. The molecule has 16 nitrogen and oxygen atoms in total. The number of H-pyrrole nitrogens is 1. The van der Waals surface area contributed by atoms with Gasteiger partial charge in [0.05, 0.1) is 28.0 Å². The predicted octanol–water partition coefficient (Wildman–Crippen LogP) is 2.00. The average Bonchev–Trinajstić information content (AvgIpc) is 3.00. The Morgan fingerprint density at radius 3 is 2.21 bits per heavy atom. The molecule has 1 aromatic heterocycles. The van der Waals surface area contributed by atoms with Gasteiger partial charge in [-0.15, -0.1) is 0 Å². The Bertz CT molecular complexity index is 1920. The van der Waals surface area contributed by atoms with Crippen molar-refractivity contribution in [3.63, 3.8) is 0 Å². The Kier molecular flexibility index (Phi) is 8.22. The molecule has 4 rings (SSSR count). The quantitative estimate of drug-likeness (QED) is 0.0676. The Hall–Kier alpha value is -6.45. The van der Waals surface area contributed by atoms with Crippen molar-refractivity contribution in [2.45, 2.75) is 5.92 Å². The van der Waals surface area contributed by atoms with Crippen LogP contribution in [0.25, 0.3) is 11.0 Å². The van der Waals surface area contributed by atoms with Gasteiger partial charge in [0.25, 0.3) is 28.6 Å². The molecule has 16 heteroatoms. The van der Waals surface area contributed by atoms with Gasteiger partial charge >= 0.3 is 5.97 Å². The molecule has 2 N–H and O–H groups in total. The number of hydrogen-bond donors (Lipinski definition) is 2. The van der Waals surface area contributed by atoms with E-state index in [1.54, 1.807) is 30.3 Å². The molecule has 0 saturated heterocycles. The number of methoxy groups -OCH3 is 1. The van der Waals surface area contributed by atoms with E-state index in [0.717, 1.165) is 13.2 Å². The van der Waals surface area contributed by atoms with Crippen LogP contribution in [0.5, 0.6) is 0 Å². The zero-order valence-corrected chi connectivity index (χ0v) is 21.8. The minimum absolute atomic E-state index is 0.0175. The van der Waals surface area contributed by atoms with E-state index in [2.05, 4.69) is 14.7 Å². The molecule has 4 aromatic rings. The standard InChI is InChI=1S/C27H17N5O11/c1-43-27(38)24(35)20(23(34)26(37)30-18-12-15(31(39)40)8-10-19(18)32(41)42)21-25(36)29-17-11-14(7-9-16(17)28-21)22(33)13-5-3-2-4-6-13/h2-12,20H,1H3,(H,29,36)(H,30,37)/t20-/m0/s1. The molecule has 0 spiro atoms. The van der Waals surface area contributed by atoms with Gasteiger partial charge in [0.2, 0.25) is 5.78 Å².